The minimum absolute atomic E-state index is 0.135. The first-order valence-corrected chi connectivity index (χ1v) is 6.32. The highest BCUT2D eigenvalue weighted by atomic mass is 32.2. The van der Waals surface area contributed by atoms with Crippen molar-refractivity contribution in [3.05, 3.63) is 0 Å². The fourth-order valence-corrected chi connectivity index (χ4v) is 2.64. The number of aliphatic hydroxyl groups is 2. The van der Waals surface area contributed by atoms with Crippen LogP contribution in [-0.2, 0) is 0 Å². The number of hydrogen-bond acceptors (Lipinski definition) is 4. The van der Waals surface area contributed by atoms with Gasteiger partial charge in [-0.1, -0.05) is 6.92 Å². The van der Waals surface area contributed by atoms with Gasteiger partial charge in [-0.05, 0) is 30.4 Å². The molecule has 1 saturated carbocycles. The van der Waals surface area contributed by atoms with E-state index in [9.17, 15) is 5.11 Å². The van der Waals surface area contributed by atoms with Crippen LogP contribution in [0.25, 0.3) is 0 Å². The molecule has 0 amide bonds. The highest BCUT2D eigenvalue weighted by Gasteiger charge is 2.33. The summed E-state index contributed by atoms with van der Waals surface area (Å²) in [5, 5.41) is 18.2. The molecular formula is C10H21NO2S. The Labute approximate surface area is 90.1 Å². The second-order valence-corrected chi connectivity index (χ2v) is 5.53. The SMILES string of the molecule is CC(CO)CSC(CO)C(N)C1CC1. The molecule has 0 heterocycles. The van der Waals surface area contributed by atoms with Crippen molar-refractivity contribution in [3.8, 4) is 0 Å². The summed E-state index contributed by atoms with van der Waals surface area (Å²) in [6.45, 7) is 2.37. The first kappa shape index (κ1) is 12.3. The van der Waals surface area contributed by atoms with E-state index >= 15 is 0 Å². The Hall–Kier alpha value is 0.230. The van der Waals surface area contributed by atoms with Crippen LogP contribution in [-0.4, -0.2) is 40.5 Å². The van der Waals surface area contributed by atoms with Crippen LogP contribution in [0.4, 0.5) is 0 Å². The van der Waals surface area contributed by atoms with Gasteiger partial charge in [0, 0.05) is 17.9 Å². The van der Waals surface area contributed by atoms with Crippen LogP contribution in [0.3, 0.4) is 0 Å². The molecule has 4 N–H and O–H groups in total. The van der Waals surface area contributed by atoms with Crippen LogP contribution in [0.1, 0.15) is 19.8 Å². The normalized spacial score (nSPS) is 23.1. The topological polar surface area (TPSA) is 66.5 Å². The zero-order chi connectivity index (χ0) is 10.6. The van der Waals surface area contributed by atoms with Gasteiger partial charge in [0.15, 0.2) is 0 Å². The Morgan fingerprint density at radius 2 is 2.00 bits per heavy atom. The number of hydrogen-bond donors (Lipinski definition) is 3. The van der Waals surface area contributed by atoms with Gasteiger partial charge in [-0.25, -0.2) is 0 Å². The van der Waals surface area contributed by atoms with Crippen LogP contribution in [0.5, 0.6) is 0 Å². The highest BCUT2D eigenvalue weighted by Crippen LogP contribution is 2.35. The summed E-state index contributed by atoms with van der Waals surface area (Å²) in [6.07, 6.45) is 2.43. The minimum Gasteiger partial charge on any atom is -0.396 e. The predicted molar refractivity (Wildman–Crippen MR) is 60.3 cm³/mol. The van der Waals surface area contributed by atoms with E-state index in [1.807, 2.05) is 6.92 Å². The molecule has 0 aromatic heterocycles. The molecular weight excluding hydrogens is 198 g/mol. The molecule has 0 spiro atoms. The molecule has 0 aliphatic heterocycles. The molecule has 0 aromatic carbocycles. The predicted octanol–water partition coefficient (Wildman–Crippen LogP) is 0.446. The molecule has 0 bridgehead atoms. The molecule has 3 atom stereocenters. The van der Waals surface area contributed by atoms with Crippen LogP contribution in [0.15, 0.2) is 0 Å². The Balaban J connectivity index is 2.23. The van der Waals surface area contributed by atoms with Crippen molar-refractivity contribution in [3.63, 3.8) is 0 Å². The lowest BCUT2D eigenvalue weighted by atomic mass is 10.1. The molecule has 0 saturated heterocycles. The Kier molecular flexibility index (Phi) is 5.23. The van der Waals surface area contributed by atoms with Crippen molar-refractivity contribution in [1.29, 1.82) is 0 Å². The van der Waals surface area contributed by atoms with E-state index in [0.29, 0.717) is 11.8 Å². The Bertz CT molecular complexity index is 164. The Morgan fingerprint density at radius 1 is 1.36 bits per heavy atom. The molecule has 3 unspecified atom stereocenters. The fourth-order valence-electron chi connectivity index (χ4n) is 1.41. The average molecular weight is 219 g/mol. The summed E-state index contributed by atoms with van der Waals surface area (Å²) in [7, 11) is 0. The van der Waals surface area contributed by atoms with E-state index in [0.717, 1.165) is 5.75 Å². The van der Waals surface area contributed by atoms with Crippen molar-refractivity contribution in [1.82, 2.24) is 0 Å². The molecule has 4 heteroatoms. The van der Waals surface area contributed by atoms with Gasteiger partial charge in [-0.3, -0.25) is 0 Å². The van der Waals surface area contributed by atoms with Crippen molar-refractivity contribution >= 4 is 11.8 Å². The molecule has 1 fully saturated rings. The summed E-state index contributed by atoms with van der Waals surface area (Å²) in [5.41, 5.74) is 6.02. The summed E-state index contributed by atoms with van der Waals surface area (Å²) < 4.78 is 0. The Morgan fingerprint density at radius 3 is 2.43 bits per heavy atom. The van der Waals surface area contributed by atoms with E-state index in [-0.39, 0.29) is 24.5 Å². The molecule has 14 heavy (non-hydrogen) atoms. The highest BCUT2D eigenvalue weighted by molar-refractivity contribution is 8.00. The van der Waals surface area contributed by atoms with Gasteiger partial charge >= 0.3 is 0 Å². The first-order chi connectivity index (χ1) is 6.69. The summed E-state index contributed by atoms with van der Waals surface area (Å²) in [6, 6.07) is 0.135. The molecule has 84 valence electrons. The van der Waals surface area contributed by atoms with Gasteiger partial charge in [-0.15, -0.1) is 0 Å². The van der Waals surface area contributed by atoms with E-state index in [4.69, 9.17) is 10.8 Å². The standard InChI is InChI=1S/C10H21NO2S/c1-7(4-12)6-14-9(5-13)10(11)8-2-3-8/h7-10,12-13H,2-6,11H2,1H3. The molecule has 0 aromatic rings. The second kappa shape index (κ2) is 5.95. The maximum absolute atomic E-state index is 9.20. The maximum Gasteiger partial charge on any atom is 0.0565 e. The van der Waals surface area contributed by atoms with Gasteiger partial charge < -0.3 is 15.9 Å². The second-order valence-electron chi connectivity index (χ2n) is 4.26. The zero-order valence-electron chi connectivity index (χ0n) is 8.72. The van der Waals surface area contributed by atoms with E-state index in [1.165, 1.54) is 12.8 Å². The summed E-state index contributed by atoms with van der Waals surface area (Å²) in [5.74, 6) is 1.80. The minimum atomic E-state index is 0.135. The van der Waals surface area contributed by atoms with Crippen molar-refractivity contribution < 1.29 is 10.2 Å². The average Bonchev–Trinajstić information content (AvgIpc) is 3.01. The third kappa shape index (κ3) is 3.77. The molecule has 1 aliphatic carbocycles. The number of aliphatic hydroxyl groups excluding tert-OH is 2. The summed E-state index contributed by atoms with van der Waals surface area (Å²) >= 11 is 1.70. The molecule has 1 rings (SSSR count). The van der Waals surface area contributed by atoms with Crippen molar-refractivity contribution in [2.45, 2.75) is 31.1 Å². The summed E-state index contributed by atoms with van der Waals surface area (Å²) in [4.78, 5) is 0. The third-order valence-electron chi connectivity index (χ3n) is 2.68. The fraction of sp³-hybridized carbons (Fsp3) is 1.00. The quantitative estimate of drug-likeness (QED) is 0.581. The zero-order valence-corrected chi connectivity index (χ0v) is 9.54. The largest absolute Gasteiger partial charge is 0.396 e. The lowest BCUT2D eigenvalue weighted by molar-refractivity contribution is 0.249. The lowest BCUT2D eigenvalue weighted by Gasteiger charge is -2.22. The number of rotatable bonds is 7. The molecule has 0 radical (unpaired) electrons. The molecule has 3 nitrogen and oxygen atoms in total. The lowest BCUT2D eigenvalue weighted by Crippen LogP contribution is -2.37. The van der Waals surface area contributed by atoms with Gasteiger partial charge in [0.05, 0.1) is 6.61 Å². The van der Waals surface area contributed by atoms with Crippen LogP contribution >= 0.6 is 11.8 Å². The van der Waals surface area contributed by atoms with Crippen LogP contribution in [0.2, 0.25) is 0 Å². The van der Waals surface area contributed by atoms with Gasteiger partial charge in [-0.2, -0.15) is 11.8 Å². The number of nitrogens with two attached hydrogens (primary N) is 1. The van der Waals surface area contributed by atoms with Gasteiger partial charge in [0.1, 0.15) is 0 Å². The van der Waals surface area contributed by atoms with Gasteiger partial charge in [0.25, 0.3) is 0 Å². The van der Waals surface area contributed by atoms with E-state index in [2.05, 4.69) is 0 Å². The smallest absolute Gasteiger partial charge is 0.0565 e. The first-order valence-electron chi connectivity index (χ1n) is 5.28. The van der Waals surface area contributed by atoms with Gasteiger partial charge in [0.2, 0.25) is 0 Å². The molecule has 1 aliphatic rings. The maximum atomic E-state index is 9.20. The monoisotopic (exact) mass is 219 g/mol. The van der Waals surface area contributed by atoms with Crippen LogP contribution < -0.4 is 5.73 Å². The van der Waals surface area contributed by atoms with E-state index < -0.39 is 0 Å². The number of thioether (sulfide) groups is 1. The van der Waals surface area contributed by atoms with E-state index in [1.54, 1.807) is 11.8 Å². The van der Waals surface area contributed by atoms with Crippen molar-refractivity contribution in [2.75, 3.05) is 19.0 Å². The van der Waals surface area contributed by atoms with Crippen LogP contribution in [0, 0.1) is 11.8 Å². The third-order valence-corrected chi connectivity index (χ3v) is 4.34. The van der Waals surface area contributed by atoms with Crippen molar-refractivity contribution in [2.24, 2.45) is 17.6 Å².